The molecule has 2 rings (SSSR count). The van der Waals surface area contributed by atoms with E-state index in [1.54, 1.807) is 0 Å². The Morgan fingerprint density at radius 3 is 2.52 bits per heavy atom. The van der Waals surface area contributed by atoms with Crippen molar-refractivity contribution in [2.24, 2.45) is 11.3 Å². The Kier molecular flexibility index (Phi) is 5.87. The van der Waals surface area contributed by atoms with E-state index >= 15 is 0 Å². The summed E-state index contributed by atoms with van der Waals surface area (Å²) in [5.74, 6) is -1.69. The van der Waals surface area contributed by atoms with Crippen molar-refractivity contribution in [2.45, 2.75) is 52.9 Å². The lowest BCUT2D eigenvalue weighted by molar-refractivity contribution is -0.305. The fourth-order valence-corrected chi connectivity index (χ4v) is 4.47. The minimum atomic E-state index is -1.28. The second-order valence-electron chi connectivity index (χ2n) is 7.43. The molecule has 1 aromatic heterocycles. The molecular formula is C18H24NO5S-. The maximum atomic E-state index is 12.2. The highest BCUT2D eigenvalue weighted by Crippen LogP contribution is 2.44. The van der Waals surface area contributed by atoms with Crippen molar-refractivity contribution in [1.82, 2.24) is 0 Å². The van der Waals surface area contributed by atoms with Gasteiger partial charge in [0.15, 0.2) is 0 Å². The molecule has 7 heteroatoms. The number of amides is 1. The van der Waals surface area contributed by atoms with Gasteiger partial charge in [0, 0.05) is 17.3 Å². The molecule has 0 aromatic carbocycles. The number of esters is 1. The molecule has 1 aliphatic rings. The lowest BCUT2D eigenvalue weighted by Gasteiger charge is -2.33. The highest BCUT2D eigenvalue weighted by molar-refractivity contribution is 7.17. The average molecular weight is 366 g/mol. The highest BCUT2D eigenvalue weighted by Gasteiger charge is 2.34. The van der Waals surface area contributed by atoms with Gasteiger partial charge in [0.2, 0.25) is 5.91 Å². The summed E-state index contributed by atoms with van der Waals surface area (Å²) < 4.78 is 4.89. The number of carbonyl (C=O) groups is 3. The van der Waals surface area contributed by atoms with Crippen LogP contribution in [0, 0.1) is 11.3 Å². The van der Waals surface area contributed by atoms with Gasteiger partial charge in [0.05, 0.1) is 12.7 Å². The van der Waals surface area contributed by atoms with E-state index in [1.807, 2.05) is 0 Å². The van der Waals surface area contributed by atoms with E-state index < -0.39 is 17.8 Å². The third-order valence-electron chi connectivity index (χ3n) is 4.69. The van der Waals surface area contributed by atoms with Gasteiger partial charge in [0.1, 0.15) is 5.00 Å². The molecule has 0 bridgehead atoms. The summed E-state index contributed by atoms with van der Waals surface area (Å²) >= 11 is 1.39. The number of aliphatic carboxylic acids is 1. The van der Waals surface area contributed by atoms with Gasteiger partial charge in [0.25, 0.3) is 0 Å². The molecule has 1 amide bonds. The standard InChI is InChI=1S/C18H25NO5S/c1-18(2,3)10-5-6-11-12(9-10)25-16(15(11)17(23)24-4)19-13(20)7-8-14(21)22/h10H,5-9H2,1-4H3,(H,19,20)(H,21,22)/p-1. The SMILES string of the molecule is COC(=O)c1c(NC(=O)CCC(=O)[O-])sc2c1CCC(C(C)(C)C)C2. The summed E-state index contributed by atoms with van der Waals surface area (Å²) in [6.45, 7) is 6.63. The van der Waals surface area contributed by atoms with Gasteiger partial charge in [-0.3, -0.25) is 4.79 Å². The van der Waals surface area contributed by atoms with Crippen LogP contribution >= 0.6 is 11.3 Å². The van der Waals surface area contributed by atoms with Gasteiger partial charge in [-0.2, -0.15) is 0 Å². The fraction of sp³-hybridized carbons (Fsp3) is 0.611. The van der Waals surface area contributed by atoms with E-state index in [9.17, 15) is 19.5 Å². The Labute approximate surface area is 151 Å². The lowest BCUT2D eigenvalue weighted by atomic mass is 9.72. The number of thiophene rings is 1. The second-order valence-corrected chi connectivity index (χ2v) is 8.53. The number of methoxy groups -OCH3 is 1. The molecule has 0 fully saturated rings. The largest absolute Gasteiger partial charge is 0.550 e. The summed E-state index contributed by atoms with van der Waals surface area (Å²) in [4.78, 5) is 35.8. The summed E-state index contributed by atoms with van der Waals surface area (Å²) in [7, 11) is 1.31. The maximum absolute atomic E-state index is 12.2. The van der Waals surface area contributed by atoms with E-state index in [4.69, 9.17) is 4.74 Å². The molecule has 1 heterocycles. The van der Waals surface area contributed by atoms with Crippen LogP contribution in [0.1, 0.15) is 60.8 Å². The Morgan fingerprint density at radius 2 is 1.96 bits per heavy atom. The highest BCUT2D eigenvalue weighted by atomic mass is 32.1. The number of nitrogens with one attached hydrogen (secondary N) is 1. The van der Waals surface area contributed by atoms with Crippen molar-refractivity contribution in [3.05, 3.63) is 16.0 Å². The van der Waals surface area contributed by atoms with Crippen LogP contribution in [0.5, 0.6) is 0 Å². The smallest absolute Gasteiger partial charge is 0.341 e. The normalized spacial score (nSPS) is 16.9. The molecule has 25 heavy (non-hydrogen) atoms. The minimum absolute atomic E-state index is 0.172. The van der Waals surface area contributed by atoms with E-state index in [-0.39, 0.29) is 18.3 Å². The van der Waals surface area contributed by atoms with Crippen LogP contribution in [0.2, 0.25) is 0 Å². The zero-order valence-electron chi connectivity index (χ0n) is 15.1. The third-order valence-corrected chi connectivity index (χ3v) is 5.86. The number of carboxylic acids is 1. The Bertz CT molecular complexity index is 686. The van der Waals surface area contributed by atoms with Crippen molar-refractivity contribution in [3.8, 4) is 0 Å². The monoisotopic (exact) mass is 366 g/mol. The van der Waals surface area contributed by atoms with Crippen LogP contribution in [-0.2, 0) is 27.2 Å². The predicted molar refractivity (Wildman–Crippen MR) is 93.5 cm³/mol. The number of carboxylic acid groups (broad SMARTS) is 1. The molecule has 1 aromatic rings. The first kappa shape index (κ1) is 19.4. The Hall–Kier alpha value is -1.89. The van der Waals surface area contributed by atoms with Crippen LogP contribution in [-0.4, -0.2) is 25.0 Å². The van der Waals surface area contributed by atoms with E-state index in [1.165, 1.54) is 18.4 Å². The molecule has 0 saturated heterocycles. The molecule has 1 aliphatic carbocycles. The van der Waals surface area contributed by atoms with Gasteiger partial charge in [-0.1, -0.05) is 20.8 Å². The molecule has 6 nitrogen and oxygen atoms in total. The van der Waals surface area contributed by atoms with Crippen molar-refractivity contribution in [1.29, 1.82) is 0 Å². The quantitative estimate of drug-likeness (QED) is 0.806. The first-order chi connectivity index (χ1) is 11.6. The Morgan fingerprint density at radius 1 is 1.28 bits per heavy atom. The molecule has 0 aliphatic heterocycles. The van der Waals surface area contributed by atoms with Crippen LogP contribution < -0.4 is 10.4 Å². The fourth-order valence-electron chi connectivity index (χ4n) is 3.14. The third kappa shape index (κ3) is 4.60. The van der Waals surface area contributed by atoms with Crippen LogP contribution in [0.3, 0.4) is 0 Å². The molecule has 0 spiro atoms. The van der Waals surface area contributed by atoms with Gasteiger partial charge in [-0.25, -0.2) is 4.79 Å². The van der Waals surface area contributed by atoms with Gasteiger partial charge >= 0.3 is 5.97 Å². The molecule has 0 saturated carbocycles. The number of ether oxygens (including phenoxy) is 1. The van der Waals surface area contributed by atoms with Crippen LogP contribution in [0.25, 0.3) is 0 Å². The van der Waals surface area contributed by atoms with Crippen LogP contribution in [0.15, 0.2) is 0 Å². The van der Waals surface area contributed by atoms with E-state index in [0.717, 1.165) is 29.7 Å². The van der Waals surface area contributed by atoms with Gasteiger partial charge in [-0.15, -0.1) is 11.3 Å². The minimum Gasteiger partial charge on any atom is -0.550 e. The predicted octanol–water partition coefficient (Wildman–Crippen LogP) is 2.15. The summed E-state index contributed by atoms with van der Waals surface area (Å²) in [5, 5.41) is 13.6. The number of carbonyl (C=O) groups excluding carboxylic acids is 3. The Balaban J connectivity index is 2.28. The first-order valence-electron chi connectivity index (χ1n) is 8.36. The van der Waals surface area contributed by atoms with Crippen molar-refractivity contribution in [2.75, 3.05) is 12.4 Å². The van der Waals surface area contributed by atoms with Crippen molar-refractivity contribution in [3.63, 3.8) is 0 Å². The number of rotatable bonds is 5. The number of anilines is 1. The summed E-state index contributed by atoms with van der Waals surface area (Å²) in [5.41, 5.74) is 1.54. The maximum Gasteiger partial charge on any atom is 0.341 e. The summed E-state index contributed by atoms with van der Waals surface area (Å²) in [6.07, 6.45) is 2.08. The van der Waals surface area contributed by atoms with Crippen molar-refractivity contribution < 1.29 is 24.2 Å². The molecule has 0 radical (unpaired) electrons. The molecule has 1 atom stereocenters. The molecular weight excluding hydrogens is 342 g/mol. The molecule has 1 N–H and O–H groups in total. The number of hydrogen-bond acceptors (Lipinski definition) is 6. The van der Waals surface area contributed by atoms with Gasteiger partial charge < -0.3 is 20.0 Å². The van der Waals surface area contributed by atoms with Crippen molar-refractivity contribution >= 4 is 34.2 Å². The zero-order valence-corrected chi connectivity index (χ0v) is 15.9. The topological polar surface area (TPSA) is 95.5 Å². The van der Waals surface area contributed by atoms with Gasteiger partial charge in [-0.05, 0) is 42.6 Å². The average Bonchev–Trinajstić information content (AvgIpc) is 2.88. The second kappa shape index (κ2) is 7.56. The molecule has 138 valence electrons. The van der Waals surface area contributed by atoms with E-state index in [2.05, 4.69) is 26.1 Å². The number of fused-ring (bicyclic) bond motifs is 1. The lowest BCUT2D eigenvalue weighted by Crippen LogP contribution is -2.26. The number of hydrogen-bond donors (Lipinski definition) is 1. The zero-order chi connectivity index (χ0) is 18.8. The summed E-state index contributed by atoms with van der Waals surface area (Å²) in [6, 6.07) is 0. The van der Waals surface area contributed by atoms with E-state index in [0.29, 0.717) is 16.5 Å². The first-order valence-corrected chi connectivity index (χ1v) is 9.17. The van der Waals surface area contributed by atoms with Crippen LogP contribution in [0.4, 0.5) is 5.00 Å². The molecule has 1 unspecified atom stereocenters.